The minimum Gasteiger partial charge on any atom is -0.476 e. The van der Waals surface area contributed by atoms with Crippen molar-refractivity contribution in [2.45, 2.75) is 6.92 Å². The van der Waals surface area contributed by atoms with E-state index in [1.807, 2.05) is 0 Å². The number of para-hydroxylation sites is 1. The molecular formula is C12H12FN3O2. The zero-order valence-electron chi connectivity index (χ0n) is 9.76. The first kappa shape index (κ1) is 12.1. The van der Waals surface area contributed by atoms with Crippen molar-refractivity contribution < 1.29 is 13.9 Å². The van der Waals surface area contributed by atoms with E-state index in [-0.39, 0.29) is 23.2 Å². The molecule has 0 bridgehead atoms. The van der Waals surface area contributed by atoms with E-state index >= 15 is 0 Å². The summed E-state index contributed by atoms with van der Waals surface area (Å²) in [6.07, 6.45) is 1.25. The van der Waals surface area contributed by atoms with Crippen LogP contribution in [0, 0.1) is 5.82 Å². The lowest BCUT2D eigenvalue weighted by Crippen LogP contribution is -2.03. The number of hydrogen-bond acceptors (Lipinski definition) is 5. The monoisotopic (exact) mass is 249 g/mol. The average molecular weight is 249 g/mol. The van der Waals surface area contributed by atoms with Crippen LogP contribution in [0.3, 0.4) is 0 Å². The smallest absolute Gasteiger partial charge is 0.249 e. The van der Waals surface area contributed by atoms with E-state index in [4.69, 9.17) is 15.2 Å². The van der Waals surface area contributed by atoms with E-state index in [9.17, 15) is 4.39 Å². The first-order valence-corrected chi connectivity index (χ1v) is 5.38. The second-order valence-corrected chi connectivity index (χ2v) is 3.36. The highest BCUT2D eigenvalue weighted by atomic mass is 19.1. The first-order chi connectivity index (χ1) is 8.72. The van der Waals surface area contributed by atoms with Crippen LogP contribution in [0.2, 0.25) is 0 Å². The standard InChI is InChI=1S/C12H12FN3O2/c1-2-17-11-10(14)12(16-7-15-11)18-9-6-4-3-5-8(9)13/h3-7H,2,14H2,1H3. The van der Waals surface area contributed by atoms with Crippen LogP contribution in [0.15, 0.2) is 30.6 Å². The first-order valence-electron chi connectivity index (χ1n) is 5.38. The maximum Gasteiger partial charge on any atom is 0.249 e. The van der Waals surface area contributed by atoms with Gasteiger partial charge in [-0.1, -0.05) is 12.1 Å². The van der Waals surface area contributed by atoms with Crippen molar-refractivity contribution in [3.63, 3.8) is 0 Å². The van der Waals surface area contributed by atoms with Gasteiger partial charge >= 0.3 is 0 Å². The summed E-state index contributed by atoms with van der Waals surface area (Å²) in [5.41, 5.74) is 5.91. The summed E-state index contributed by atoms with van der Waals surface area (Å²) in [7, 11) is 0. The molecule has 94 valence electrons. The molecule has 0 unspecified atom stereocenters. The molecule has 0 aliphatic heterocycles. The number of benzene rings is 1. The maximum atomic E-state index is 13.4. The van der Waals surface area contributed by atoms with E-state index < -0.39 is 5.82 Å². The fourth-order valence-electron chi connectivity index (χ4n) is 1.33. The lowest BCUT2D eigenvalue weighted by atomic mass is 10.3. The topological polar surface area (TPSA) is 70.3 Å². The lowest BCUT2D eigenvalue weighted by molar-refractivity contribution is 0.325. The second-order valence-electron chi connectivity index (χ2n) is 3.36. The Bertz CT molecular complexity index is 549. The van der Waals surface area contributed by atoms with Crippen LogP contribution in [0.5, 0.6) is 17.5 Å². The van der Waals surface area contributed by atoms with Gasteiger partial charge in [0.15, 0.2) is 17.3 Å². The Hall–Kier alpha value is -2.37. The number of nitrogens with zero attached hydrogens (tertiary/aromatic N) is 2. The molecule has 0 saturated heterocycles. The molecule has 1 aromatic carbocycles. The highest BCUT2D eigenvalue weighted by Gasteiger charge is 2.12. The van der Waals surface area contributed by atoms with E-state index in [2.05, 4.69) is 9.97 Å². The lowest BCUT2D eigenvalue weighted by Gasteiger charge is -2.10. The predicted molar refractivity (Wildman–Crippen MR) is 64.1 cm³/mol. The van der Waals surface area contributed by atoms with Gasteiger partial charge in [-0.05, 0) is 19.1 Å². The third-order valence-corrected chi connectivity index (χ3v) is 2.14. The molecule has 1 aromatic heterocycles. The molecule has 0 radical (unpaired) electrons. The van der Waals surface area contributed by atoms with Crippen molar-refractivity contribution in [3.8, 4) is 17.5 Å². The number of rotatable bonds is 4. The van der Waals surface area contributed by atoms with Gasteiger partial charge in [-0.2, -0.15) is 9.97 Å². The molecule has 5 nitrogen and oxygen atoms in total. The van der Waals surface area contributed by atoms with Crippen molar-refractivity contribution >= 4 is 5.69 Å². The van der Waals surface area contributed by atoms with Crippen LogP contribution in [0.1, 0.15) is 6.92 Å². The number of aromatic nitrogens is 2. The molecule has 2 aromatic rings. The van der Waals surface area contributed by atoms with Gasteiger partial charge in [-0.15, -0.1) is 0 Å². The summed E-state index contributed by atoms with van der Waals surface area (Å²) >= 11 is 0. The van der Waals surface area contributed by atoms with Crippen LogP contribution < -0.4 is 15.2 Å². The Kier molecular flexibility index (Phi) is 3.57. The summed E-state index contributed by atoms with van der Waals surface area (Å²) in [6.45, 7) is 2.22. The fourth-order valence-corrected chi connectivity index (χ4v) is 1.33. The Morgan fingerprint density at radius 1 is 1.22 bits per heavy atom. The molecular weight excluding hydrogens is 237 g/mol. The van der Waals surface area contributed by atoms with Crippen molar-refractivity contribution in [3.05, 3.63) is 36.4 Å². The van der Waals surface area contributed by atoms with Gasteiger partial charge in [0.05, 0.1) is 6.61 Å². The highest BCUT2D eigenvalue weighted by Crippen LogP contribution is 2.31. The Morgan fingerprint density at radius 2 is 1.94 bits per heavy atom. The van der Waals surface area contributed by atoms with Gasteiger partial charge in [0.25, 0.3) is 0 Å². The third-order valence-electron chi connectivity index (χ3n) is 2.14. The summed E-state index contributed by atoms with van der Waals surface area (Å²) in [5.74, 6) is -0.156. The Morgan fingerprint density at radius 3 is 2.67 bits per heavy atom. The van der Waals surface area contributed by atoms with Crippen LogP contribution in [0.25, 0.3) is 0 Å². The van der Waals surface area contributed by atoms with E-state index in [0.29, 0.717) is 6.61 Å². The van der Waals surface area contributed by atoms with Gasteiger partial charge in [-0.3, -0.25) is 0 Å². The number of anilines is 1. The number of halogens is 1. The van der Waals surface area contributed by atoms with Gasteiger partial charge in [0, 0.05) is 0 Å². The molecule has 2 rings (SSSR count). The van der Waals surface area contributed by atoms with Crippen LogP contribution in [0.4, 0.5) is 10.1 Å². The second kappa shape index (κ2) is 5.31. The molecule has 0 fully saturated rings. The zero-order chi connectivity index (χ0) is 13.0. The van der Waals surface area contributed by atoms with Gasteiger partial charge in [0.2, 0.25) is 11.8 Å². The SMILES string of the molecule is CCOc1ncnc(Oc2ccccc2F)c1N. The van der Waals surface area contributed by atoms with E-state index in [0.717, 1.165) is 0 Å². The largest absolute Gasteiger partial charge is 0.476 e. The van der Waals surface area contributed by atoms with Crippen molar-refractivity contribution in [2.75, 3.05) is 12.3 Å². The number of nitrogen functional groups attached to an aromatic ring is 1. The molecule has 0 atom stereocenters. The molecule has 0 aliphatic carbocycles. The highest BCUT2D eigenvalue weighted by molar-refractivity contribution is 5.56. The number of ether oxygens (including phenoxy) is 2. The molecule has 2 N–H and O–H groups in total. The minimum atomic E-state index is -0.492. The normalized spacial score (nSPS) is 10.1. The molecule has 0 spiro atoms. The van der Waals surface area contributed by atoms with E-state index in [1.54, 1.807) is 19.1 Å². The molecule has 18 heavy (non-hydrogen) atoms. The average Bonchev–Trinajstić information content (AvgIpc) is 2.37. The molecule has 1 heterocycles. The van der Waals surface area contributed by atoms with Crippen molar-refractivity contribution in [1.82, 2.24) is 9.97 Å². The predicted octanol–water partition coefficient (Wildman–Crippen LogP) is 2.39. The summed E-state index contributed by atoms with van der Waals surface area (Å²) < 4.78 is 23.9. The zero-order valence-corrected chi connectivity index (χ0v) is 9.76. The van der Waals surface area contributed by atoms with Crippen LogP contribution >= 0.6 is 0 Å². The molecule has 0 amide bonds. The van der Waals surface area contributed by atoms with Gasteiger partial charge in [-0.25, -0.2) is 4.39 Å². The van der Waals surface area contributed by atoms with Crippen LogP contribution in [-0.4, -0.2) is 16.6 Å². The molecule has 0 saturated carbocycles. The van der Waals surface area contributed by atoms with Crippen LogP contribution in [-0.2, 0) is 0 Å². The van der Waals surface area contributed by atoms with E-state index in [1.165, 1.54) is 18.5 Å². The summed E-state index contributed by atoms with van der Waals surface area (Å²) in [6, 6.07) is 5.99. The Labute approximate surface area is 103 Å². The van der Waals surface area contributed by atoms with Crippen molar-refractivity contribution in [1.29, 1.82) is 0 Å². The third kappa shape index (κ3) is 2.48. The molecule has 0 aliphatic rings. The van der Waals surface area contributed by atoms with Gasteiger partial charge in [0.1, 0.15) is 6.33 Å². The Balaban J connectivity index is 2.30. The summed E-state index contributed by atoms with van der Waals surface area (Å²) in [4.78, 5) is 7.71. The number of hydrogen-bond donors (Lipinski definition) is 1. The fraction of sp³-hybridized carbons (Fsp3) is 0.167. The number of nitrogens with two attached hydrogens (primary N) is 1. The van der Waals surface area contributed by atoms with Crippen molar-refractivity contribution in [2.24, 2.45) is 0 Å². The summed E-state index contributed by atoms with van der Waals surface area (Å²) in [5, 5.41) is 0. The molecule has 6 heteroatoms. The minimum absolute atomic E-state index is 0.0466. The van der Waals surface area contributed by atoms with Gasteiger partial charge < -0.3 is 15.2 Å². The maximum absolute atomic E-state index is 13.4. The quantitative estimate of drug-likeness (QED) is 0.900.